The number of aromatic nitrogens is 4. The number of hydrogen-bond donors (Lipinski definition) is 1. The van der Waals surface area contributed by atoms with Gasteiger partial charge in [-0.15, -0.1) is 5.10 Å². The average Bonchev–Trinajstić information content (AvgIpc) is 2.97. The molecule has 1 aromatic heterocycles. The van der Waals surface area contributed by atoms with Crippen LogP contribution >= 0.6 is 0 Å². The summed E-state index contributed by atoms with van der Waals surface area (Å²) in [7, 11) is 0. The van der Waals surface area contributed by atoms with E-state index in [2.05, 4.69) is 15.5 Å². The number of ether oxygens (including phenoxy) is 1. The first-order chi connectivity index (χ1) is 10.7. The maximum absolute atomic E-state index is 11.6. The molecular weight excluding hydrogens is 286 g/mol. The highest BCUT2D eigenvalue weighted by atomic mass is 16.5. The Labute approximate surface area is 126 Å². The number of carbonyl (C=O) groups is 1. The molecule has 2 rings (SSSR count). The fraction of sp³-hybridized carbons (Fsp3) is 0.214. The van der Waals surface area contributed by atoms with Gasteiger partial charge in [-0.1, -0.05) is 18.2 Å². The van der Waals surface area contributed by atoms with E-state index in [0.29, 0.717) is 11.5 Å². The van der Waals surface area contributed by atoms with Gasteiger partial charge in [0.05, 0.1) is 18.7 Å². The molecule has 0 aliphatic heterocycles. The van der Waals surface area contributed by atoms with Crippen molar-refractivity contribution in [3.05, 3.63) is 47.5 Å². The van der Waals surface area contributed by atoms with Gasteiger partial charge in [0.1, 0.15) is 11.8 Å². The first-order valence-electron chi connectivity index (χ1n) is 6.49. The number of allylic oxidation sites excluding steroid dienone is 1. The Morgan fingerprint density at radius 3 is 2.77 bits per heavy atom. The molecule has 0 saturated carbocycles. The van der Waals surface area contributed by atoms with Crippen molar-refractivity contribution in [2.75, 3.05) is 6.61 Å². The second-order valence-electron chi connectivity index (χ2n) is 4.17. The van der Waals surface area contributed by atoms with E-state index in [-0.39, 0.29) is 13.0 Å². The van der Waals surface area contributed by atoms with Crippen LogP contribution in [0.4, 0.5) is 0 Å². The van der Waals surface area contributed by atoms with Gasteiger partial charge in [0.2, 0.25) is 0 Å². The quantitative estimate of drug-likeness (QED) is 0.380. The summed E-state index contributed by atoms with van der Waals surface area (Å²) in [5.41, 5.74) is 0.245. The van der Waals surface area contributed by atoms with Crippen LogP contribution in [0.15, 0.2) is 41.7 Å². The Bertz CT molecular complexity index is 730. The Morgan fingerprint density at radius 1 is 1.41 bits per heavy atom. The number of benzene rings is 1. The van der Waals surface area contributed by atoms with Crippen LogP contribution in [-0.4, -0.2) is 37.9 Å². The molecule has 1 N–H and O–H groups in total. The standard InChI is InChI=1S/C14H13N5O3/c1-2-22-14(21)11(9-15)12(20)8-13-16-17-18-19(13)10-6-4-3-5-7-10/h3-7,20H,2,8H2,1H3/b12-11-. The lowest BCUT2D eigenvalue weighted by molar-refractivity contribution is -0.138. The van der Waals surface area contributed by atoms with Crippen molar-refractivity contribution in [1.29, 1.82) is 5.26 Å². The van der Waals surface area contributed by atoms with Gasteiger partial charge >= 0.3 is 5.97 Å². The van der Waals surface area contributed by atoms with Gasteiger partial charge in [-0.3, -0.25) is 0 Å². The van der Waals surface area contributed by atoms with E-state index in [1.54, 1.807) is 25.1 Å². The monoisotopic (exact) mass is 299 g/mol. The molecule has 22 heavy (non-hydrogen) atoms. The highest BCUT2D eigenvalue weighted by molar-refractivity contribution is 5.93. The molecule has 0 aliphatic rings. The van der Waals surface area contributed by atoms with Crippen molar-refractivity contribution in [1.82, 2.24) is 20.2 Å². The van der Waals surface area contributed by atoms with Crippen LogP contribution in [0, 0.1) is 11.3 Å². The molecular formula is C14H13N5O3. The Morgan fingerprint density at radius 2 is 2.14 bits per heavy atom. The number of aliphatic hydroxyl groups is 1. The number of nitriles is 1. The lowest BCUT2D eigenvalue weighted by atomic mass is 10.2. The third-order valence-corrected chi connectivity index (χ3v) is 2.74. The zero-order valence-electron chi connectivity index (χ0n) is 11.8. The molecule has 112 valence electrons. The van der Waals surface area contributed by atoms with Gasteiger partial charge in [-0.2, -0.15) is 9.94 Å². The molecule has 2 aromatic rings. The van der Waals surface area contributed by atoms with E-state index < -0.39 is 17.3 Å². The van der Waals surface area contributed by atoms with Crippen molar-refractivity contribution in [3.63, 3.8) is 0 Å². The molecule has 1 aromatic carbocycles. The summed E-state index contributed by atoms with van der Waals surface area (Å²) in [6.07, 6.45) is -0.163. The maximum Gasteiger partial charge on any atom is 0.352 e. The summed E-state index contributed by atoms with van der Waals surface area (Å²) in [4.78, 5) is 11.6. The second kappa shape index (κ2) is 6.99. The van der Waals surface area contributed by atoms with Gasteiger partial charge < -0.3 is 9.84 Å². The normalized spacial score (nSPS) is 11.5. The van der Waals surface area contributed by atoms with Crippen molar-refractivity contribution in [2.24, 2.45) is 0 Å². The van der Waals surface area contributed by atoms with E-state index in [4.69, 9.17) is 10.00 Å². The van der Waals surface area contributed by atoms with Crippen molar-refractivity contribution in [3.8, 4) is 11.8 Å². The van der Waals surface area contributed by atoms with Gasteiger partial charge in [0.25, 0.3) is 0 Å². The fourth-order valence-electron chi connectivity index (χ4n) is 1.76. The summed E-state index contributed by atoms with van der Waals surface area (Å²) >= 11 is 0. The van der Waals surface area contributed by atoms with Gasteiger partial charge in [0, 0.05) is 0 Å². The average molecular weight is 299 g/mol. The van der Waals surface area contributed by atoms with Gasteiger partial charge in [0.15, 0.2) is 11.4 Å². The summed E-state index contributed by atoms with van der Waals surface area (Å²) < 4.78 is 6.13. The third kappa shape index (κ3) is 3.27. The van der Waals surface area contributed by atoms with Crippen molar-refractivity contribution >= 4 is 5.97 Å². The van der Waals surface area contributed by atoms with E-state index in [1.807, 2.05) is 18.2 Å². The molecule has 0 radical (unpaired) electrons. The Hall–Kier alpha value is -3.21. The maximum atomic E-state index is 11.6. The predicted molar refractivity (Wildman–Crippen MR) is 74.8 cm³/mol. The highest BCUT2D eigenvalue weighted by Gasteiger charge is 2.19. The summed E-state index contributed by atoms with van der Waals surface area (Å²) in [6, 6.07) is 10.7. The third-order valence-electron chi connectivity index (χ3n) is 2.74. The first-order valence-corrected chi connectivity index (χ1v) is 6.49. The SMILES string of the molecule is CCOC(=O)/C(C#N)=C(\O)Cc1nnnn1-c1ccccc1. The highest BCUT2D eigenvalue weighted by Crippen LogP contribution is 2.12. The Balaban J connectivity index is 2.30. The van der Waals surface area contributed by atoms with Crippen LogP contribution in [0.5, 0.6) is 0 Å². The van der Waals surface area contributed by atoms with Crippen molar-refractivity contribution in [2.45, 2.75) is 13.3 Å². The molecule has 0 fully saturated rings. The minimum atomic E-state index is -0.874. The van der Waals surface area contributed by atoms with Crippen LogP contribution < -0.4 is 0 Å². The van der Waals surface area contributed by atoms with E-state index in [1.165, 1.54) is 4.68 Å². The summed E-state index contributed by atoms with van der Waals surface area (Å²) in [5, 5.41) is 30.2. The summed E-state index contributed by atoms with van der Waals surface area (Å²) in [6.45, 7) is 1.72. The van der Waals surface area contributed by atoms with Crippen LogP contribution in [0.1, 0.15) is 12.7 Å². The second-order valence-corrected chi connectivity index (χ2v) is 4.17. The minimum absolute atomic E-state index is 0.110. The van der Waals surface area contributed by atoms with Gasteiger partial charge in [-0.05, 0) is 29.5 Å². The number of para-hydroxylation sites is 1. The van der Waals surface area contributed by atoms with Crippen LogP contribution in [-0.2, 0) is 16.0 Å². The number of hydrogen-bond acceptors (Lipinski definition) is 7. The lowest BCUT2D eigenvalue weighted by Crippen LogP contribution is -2.12. The number of esters is 1. The number of carbonyl (C=O) groups excluding carboxylic acids is 1. The topological polar surface area (TPSA) is 114 Å². The Kier molecular flexibility index (Phi) is 4.82. The molecule has 0 bridgehead atoms. The molecule has 8 heteroatoms. The molecule has 0 aliphatic carbocycles. The number of nitrogens with zero attached hydrogens (tertiary/aromatic N) is 5. The fourth-order valence-corrected chi connectivity index (χ4v) is 1.76. The van der Waals surface area contributed by atoms with Gasteiger partial charge in [-0.25, -0.2) is 4.79 Å². The minimum Gasteiger partial charge on any atom is -0.510 e. The smallest absolute Gasteiger partial charge is 0.352 e. The van der Waals surface area contributed by atoms with E-state index in [0.717, 1.165) is 0 Å². The van der Waals surface area contributed by atoms with Crippen LogP contribution in [0.3, 0.4) is 0 Å². The zero-order chi connectivity index (χ0) is 15.9. The molecule has 1 heterocycles. The van der Waals surface area contributed by atoms with Crippen LogP contribution in [0.2, 0.25) is 0 Å². The molecule has 0 atom stereocenters. The van der Waals surface area contributed by atoms with Crippen molar-refractivity contribution < 1.29 is 14.6 Å². The molecule has 0 spiro atoms. The summed E-state index contributed by atoms with van der Waals surface area (Å²) in [5.74, 6) is -1.02. The van der Waals surface area contributed by atoms with E-state index in [9.17, 15) is 9.90 Å². The molecule has 0 amide bonds. The first kappa shape index (κ1) is 15.2. The number of aliphatic hydroxyl groups excluding tert-OH is 1. The predicted octanol–water partition coefficient (Wildman–Crippen LogP) is 1.10. The zero-order valence-corrected chi connectivity index (χ0v) is 11.8. The lowest BCUT2D eigenvalue weighted by Gasteiger charge is -2.05. The molecule has 0 unspecified atom stereocenters. The molecule has 8 nitrogen and oxygen atoms in total. The number of tetrazole rings is 1. The molecule has 0 saturated heterocycles. The van der Waals surface area contributed by atoms with E-state index >= 15 is 0 Å². The van der Waals surface area contributed by atoms with Crippen LogP contribution in [0.25, 0.3) is 5.69 Å². The number of rotatable bonds is 5. The largest absolute Gasteiger partial charge is 0.510 e.